The first kappa shape index (κ1) is 22.0. The van der Waals surface area contributed by atoms with Crippen molar-refractivity contribution in [2.45, 2.75) is 13.8 Å². The molecule has 0 aliphatic heterocycles. The molecule has 7 heteroatoms. The molecule has 28 heavy (non-hydrogen) atoms. The third kappa shape index (κ3) is 4.95. The van der Waals surface area contributed by atoms with E-state index in [4.69, 9.17) is 0 Å². The van der Waals surface area contributed by atoms with Crippen molar-refractivity contribution < 1.29 is 9.59 Å². The molecule has 1 amide bonds. The van der Waals surface area contributed by atoms with E-state index in [1.807, 2.05) is 38.1 Å². The summed E-state index contributed by atoms with van der Waals surface area (Å²) in [7, 11) is 3.96. The second kappa shape index (κ2) is 9.28. The van der Waals surface area contributed by atoms with E-state index < -0.39 is 0 Å². The van der Waals surface area contributed by atoms with Gasteiger partial charge in [0.2, 0.25) is 0 Å². The number of carbonyl (C=O) groups is 2. The van der Waals surface area contributed by atoms with Crippen molar-refractivity contribution in [1.29, 1.82) is 0 Å². The van der Waals surface area contributed by atoms with Crippen LogP contribution in [0.3, 0.4) is 0 Å². The van der Waals surface area contributed by atoms with E-state index in [-0.39, 0.29) is 24.1 Å². The largest absolute Gasteiger partial charge is 0.308 e. The summed E-state index contributed by atoms with van der Waals surface area (Å²) >= 11 is 1.52. The van der Waals surface area contributed by atoms with E-state index >= 15 is 0 Å². The van der Waals surface area contributed by atoms with E-state index in [2.05, 4.69) is 11.1 Å². The topological polar surface area (TPSA) is 53.5 Å². The van der Waals surface area contributed by atoms with E-state index in [0.29, 0.717) is 22.8 Å². The Kier molecular flexibility index (Phi) is 7.29. The first-order chi connectivity index (χ1) is 12.8. The number of nitrogens with zero attached hydrogens (tertiary/aromatic N) is 3. The molecule has 0 fully saturated rings. The Hall–Kier alpha value is -2.28. The summed E-state index contributed by atoms with van der Waals surface area (Å²) in [5.41, 5.74) is 3.22. The van der Waals surface area contributed by atoms with Crippen LogP contribution in [0.15, 0.2) is 42.5 Å². The Labute approximate surface area is 175 Å². The summed E-state index contributed by atoms with van der Waals surface area (Å²) in [5.74, 6) is -0.122. The van der Waals surface area contributed by atoms with Crippen molar-refractivity contribution in [1.82, 2.24) is 9.88 Å². The number of carbonyl (C=O) groups excluding carboxylic acids is 2. The number of fused-ring (bicyclic) bond motifs is 1. The maximum absolute atomic E-state index is 13.2. The van der Waals surface area contributed by atoms with Crippen LogP contribution >= 0.6 is 23.7 Å². The van der Waals surface area contributed by atoms with Crippen molar-refractivity contribution in [3.63, 3.8) is 0 Å². The Morgan fingerprint density at radius 1 is 1.00 bits per heavy atom. The third-order valence-electron chi connectivity index (χ3n) is 4.32. The molecule has 148 valence electrons. The van der Waals surface area contributed by atoms with Crippen molar-refractivity contribution in [2.75, 3.05) is 32.1 Å². The minimum atomic E-state index is -0.109. The van der Waals surface area contributed by atoms with Gasteiger partial charge in [-0.3, -0.25) is 14.5 Å². The molecule has 5 nitrogen and oxygen atoms in total. The molecule has 0 bridgehead atoms. The SMILES string of the molecule is CC(=O)c1ccc(C(=O)N(CCN(C)C)c2nc3ccc(C)cc3s2)cc1.Cl. The summed E-state index contributed by atoms with van der Waals surface area (Å²) in [4.78, 5) is 33.1. The van der Waals surface area contributed by atoms with E-state index in [9.17, 15) is 9.59 Å². The Balaban J connectivity index is 0.00000280. The van der Waals surface area contributed by atoms with Gasteiger partial charge in [-0.15, -0.1) is 12.4 Å². The fourth-order valence-corrected chi connectivity index (χ4v) is 3.81. The van der Waals surface area contributed by atoms with E-state index in [1.165, 1.54) is 23.8 Å². The number of Topliss-reactive ketones (excluding diaryl/α,β-unsaturated/α-hetero) is 1. The number of likely N-dealkylation sites (N-methyl/N-ethyl adjacent to an activating group) is 1. The van der Waals surface area contributed by atoms with Crippen LogP contribution < -0.4 is 4.90 Å². The van der Waals surface area contributed by atoms with E-state index in [0.717, 1.165) is 16.8 Å². The minimum Gasteiger partial charge on any atom is -0.308 e. The van der Waals surface area contributed by atoms with Gasteiger partial charge < -0.3 is 4.90 Å². The van der Waals surface area contributed by atoms with Crippen molar-refractivity contribution >= 4 is 50.8 Å². The van der Waals surface area contributed by atoms with Crippen LogP contribution in [0.4, 0.5) is 5.13 Å². The molecule has 1 heterocycles. The first-order valence-corrected chi connectivity index (χ1v) is 9.61. The van der Waals surface area contributed by atoms with Gasteiger partial charge in [0, 0.05) is 24.2 Å². The standard InChI is InChI=1S/C21H23N3O2S.ClH/c1-14-5-10-18-19(13-14)27-21(22-18)24(12-11-23(3)4)20(26)17-8-6-16(7-9-17)15(2)25;/h5-10,13H,11-12H2,1-4H3;1H. The van der Waals surface area contributed by atoms with Crippen LogP contribution in [0.5, 0.6) is 0 Å². The molecule has 0 spiro atoms. The number of ketones is 1. The zero-order chi connectivity index (χ0) is 19.6. The molecular weight excluding hydrogens is 394 g/mol. The average molecular weight is 418 g/mol. The Morgan fingerprint density at radius 2 is 1.64 bits per heavy atom. The molecule has 0 N–H and O–H groups in total. The van der Waals surface area contributed by atoms with Gasteiger partial charge in [0.05, 0.1) is 10.2 Å². The van der Waals surface area contributed by atoms with Gasteiger partial charge in [-0.1, -0.05) is 29.5 Å². The summed E-state index contributed by atoms with van der Waals surface area (Å²) in [6.07, 6.45) is 0. The van der Waals surface area contributed by atoms with Crippen LogP contribution in [0.1, 0.15) is 33.2 Å². The highest BCUT2D eigenvalue weighted by atomic mass is 35.5. The zero-order valence-corrected chi connectivity index (χ0v) is 18.1. The summed E-state index contributed by atoms with van der Waals surface area (Å²) < 4.78 is 1.07. The molecule has 2 aromatic carbocycles. The monoisotopic (exact) mass is 417 g/mol. The lowest BCUT2D eigenvalue weighted by atomic mass is 10.1. The third-order valence-corrected chi connectivity index (χ3v) is 5.36. The summed E-state index contributed by atoms with van der Waals surface area (Å²) in [6.45, 7) is 4.83. The highest BCUT2D eigenvalue weighted by Gasteiger charge is 2.21. The second-order valence-electron chi connectivity index (χ2n) is 6.86. The summed E-state index contributed by atoms with van der Waals surface area (Å²) in [6, 6.07) is 12.9. The number of hydrogen-bond acceptors (Lipinski definition) is 5. The smallest absolute Gasteiger partial charge is 0.260 e. The number of aromatic nitrogens is 1. The number of halogens is 1. The molecule has 0 saturated heterocycles. The van der Waals surface area contributed by atoms with Gasteiger partial charge in [-0.25, -0.2) is 4.98 Å². The van der Waals surface area contributed by atoms with Crippen molar-refractivity contribution in [3.8, 4) is 0 Å². The molecular formula is C21H24ClN3O2S. The van der Waals surface area contributed by atoms with Gasteiger partial charge >= 0.3 is 0 Å². The predicted octanol–water partition coefficient (Wildman–Crippen LogP) is 4.44. The molecule has 0 radical (unpaired) electrons. The lowest BCUT2D eigenvalue weighted by Gasteiger charge is -2.22. The predicted molar refractivity (Wildman–Crippen MR) is 118 cm³/mol. The zero-order valence-electron chi connectivity index (χ0n) is 16.4. The lowest BCUT2D eigenvalue weighted by molar-refractivity contribution is 0.0981. The molecule has 0 aliphatic rings. The fraction of sp³-hybridized carbons (Fsp3) is 0.286. The fourth-order valence-electron chi connectivity index (χ4n) is 2.72. The molecule has 0 saturated carbocycles. The second-order valence-corrected chi connectivity index (χ2v) is 7.87. The highest BCUT2D eigenvalue weighted by molar-refractivity contribution is 7.22. The number of benzene rings is 2. The number of anilines is 1. The van der Waals surface area contributed by atoms with Crippen LogP contribution in [0.25, 0.3) is 10.2 Å². The number of aryl methyl sites for hydroxylation is 1. The van der Waals surface area contributed by atoms with Crippen LogP contribution in [0.2, 0.25) is 0 Å². The maximum atomic E-state index is 13.2. The van der Waals surface area contributed by atoms with Crippen LogP contribution in [-0.4, -0.2) is 48.8 Å². The first-order valence-electron chi connectivity index (χ1n) is 8.80. The maximum Gasteiger partial charge on any atom is 0.260 e. The van der Waals surface area contributed by atoms with Crippen molar-refractivity contribution in [2.24, 2.45) is 0 Å². The molecule has 0 atom stereocenters. The molecule has 3 aromatic rings. The van der Waals surface area contributed by atoms with Gasteiger partial charge in [0.15, 0.2) is 10.9 Å². The summed E-state index contributed by atoms with van der Waals surface area (Å²) in [5, 5.41) is 0.693. The molecule has 3 rings (SSSR count). The van der Waals surface area contributed by atoms with Crippen LogP contribution in [-0.2, 0) is 0 Å². The Bertz CT molecular complexity index is 983. The average Bonchev–Trinajstić information content (AvgIpc) is 3.04. The normalized spacial score (nSPS) is 10.8. The van der Waals surface area contributed by atoms with Gasteiger partial charge in [-0.05, 0) is 57.8 Å². The van der Waals surface area contributed by atoms with Gasteiger partial charge in [0.25, 0.3) is 5.91 Å². The number of hydrogen-bond donors (Lipinski definition) is 0. The minimum absolute atomic E-state index is 0. The number of amides is 1. The van der Waals surface area contributed by atoms with Crippen molar-refractivity contribution in [3.05, 3.63) is 59.2 Å². The quantitative estimate of drug-likeness (QED) is 0.556. The lowest BCUT2D eigenvalue weighted by Crippen LogP contribution is -2.36. The van der Waals surface area contributed by atoms with E-state index in [1.54, 1.807) is 29.2 Å². The van der Waals surface area contributed by atoms with Gasteiger partial charge in [-0.2, -0.15) is 0 Å². The van der Waals surface area contributed by atoms with Gasteiger partial charge in [0.1, 0.15) is 0 Å². The molecule has 0 unspecified atom stereocenters. The highest BCUT2D eigenvalue weighted by Crippen LogP contribution is 2.30. The number of rotatable bonds is 6. The van der Waals surface area contributed by atoms with Crippen LogP contribution in [0, 0.1) is 6.92 Å². The molecule has 1 aromatic heterocycles. The molecule has 0 aliphatic carbocycles. The number of thiazole rings is 1. The Morgan fingerprint density at radius 3 is 2.25 bits per heavy atom.